The molecule has 3 nitrogen and oxygen atoms in total. The Labute approximate surface area is 92.2 Å². The summed E-state index contributed by atoms with van der Waals surface area (Å²) in [6, 6.07) is 0.507. The minimum Gasteiger partial charge on any atom is -0.396 e. The molecule has 0 radical (unpaired) electrons. The Morgan fingerprint density at radius 1 is 1.33 bits per heavy atom. The van der Waals surface area contributed by atoms with Gasteiger partial charge in [0.15, 0.2) is 0 Å². The van der Waals surface area contributed by atoms with E-state index in [1.165, 1.54) is 38.5 Å². The Balaban J connectivity index is 1.77. The van der Waals surface area contributed by atoms with Crippen LogP contribution in [0.15, 0.2) is 0 Å². The third kappa shape index (κ3) is 2.71. The number of aliphatic hydroxyl groups is 1. The van der Waals surface area contributed by atoms with E-state index < -0.39 is 0 Å². The molecule has 88 valence electrons. The number of ether oxygens (including phenoxy) is 1. The summed E-state index contributed by atoms with van der Waals surface area (Å²) in [7, 11) is 1.81. The van der Waals surface area contributed by atoms with Crippen molar-refractivity contribution in [1.29, 1.82) is 0 Å². The molecular formula is C12H23NO2. The molecule has 2 atom stereocenters. The Hall–Kier alpha value is -0.120. The molecule has 15 heavy (non-hydrogen) atoms. The van der Waals surface area contributed by atoms with Crippen LogP contribution in [0.5, 0.6) is 0 Å². The van der Waals surface area contributed by atoms with Gasteiger partial charge in [-0.2, -0.15) is 0 Å². The van der Waals surface area contributed by atoms with Gasteiger partial charge in [-0.15, -0.1) is 0 Å². The first-order chi connectivity index (χ1) is 7.29. The fraction of sp³-hybridized carbons (Fsp3) is 1.00. The standard InChI is InChI=1S/C12H23NO2/c1-15-11-5-3-2-4-10(11)13-8-12(9-14)6-7-12/h10-11,13-14H,2-9H2,1H3. The van der Waals surface area contributed by atoms with Crippen molar-refractivity contribution in [2.75, 3.05) is 20.3 Å². The van der Waals surface area contributed by atoms with Crippen LogP contribution in [0.2, 0.25) is 0 Å². The highest BCUT2D eigenvalue weighted by molar-refractivity contribution is 4.96. The summed E-state index contributed by atoms with van der Waals surface area (Å²) in [5, 5.41) is 12.8. The van der Waals surface area contributed by atoms with E-state index in [-0.39, 0.29) is 5.41 Å². The number of hydrogen-bond donors (Lipinski definition) is 2. The predicted molar refractivity (Wildman–Crippen MR) is 59.8 cm³/mol. The number of nitrogens with one attached hydrogen (secondary N) is 1. The zero-order valence-corrected chi connectivity index (χ0v) is 9.67. The molecule has 0 heterocycles. The third-order valence-corrected chi connectivity index (χ3v) is 4.04. The molecule has 2 aliphatic rings. The van der Waals surface area contributed by atoms with Gasteiger partial charge in [0.05, 0.1) is 6.10 Å². The van der Waals surface area contributed by atoms with Gasteiger partial charge >= 0.3 is 0 Å². The molecule has 0 aromatic rings. The first kappa shape index (κ1) is 11.4. The van der Waals surface area contributed by atoms with Crippen molar-refractivity contribution in [1.82, 2.24) is 5.32 Å². The van der Waals surface area contributed by atoms with E-state index in [4.69, 9.17) is 4.74 Å². The molecule has 0 aromatic heterocycles. The van der Waals surface area contributed by atoms with E-state index in [0.29, 0.717) is 18.8 Å². The Morgan fingerprint density at radius 2 is 2.07 bits per heavy atom. The van der Waals surface area contributed by atoms with Gasteiger partial charge in [-0.3, -0.25) is 0 Å². The van der Waals surface area contributed by atoms with Crippen LogP contribution in [-0.4, -0.2) is 37.5 Å². The van der Waals surface area contributed by atoms with E-state index in [9.17, 15) is 5.11 Å². The van der Waals surface area contributed by atoms with Crippen LogP contribution in [-0.2, 0) is 4.74 Å². The second-order valence-corrected chi connectivity index (χ2v) is 5.20. The van der Waals surface area contributed by atoms with Crippen LogP contribution >= 0.6 is 0 Å². The quantitative estimate of drug-likeness (QED) is 0.723. The second-order valence-electron chi connectivity index (χ2n) is 5.20. The van der Waals surface area contributed by atoms with Crippen molar-refractivity contribution in [2.24, 2.45) is 5.41 Å². The van der Waals surface area contributed by atoms with E-state index in [1.807, 2.05) is 7.11 Å². The normalized spacial score (nSPS) is 34.0. The van der Waals surface area contributed by atoms with E-state index in [2.05, 4.69) is 5.32 Å². The zero-order chi connectivity index (χ0) is 10.7. The Bertz CT molecular complexity index is 204. The summed E-state index contributed by atoms with van der Waals surface area (Å²) in [6.45, 7) is 1.30. The van der Waals surface area contributed by atoms with E-state index in [1.54, 1.807) is 0 Å². The largest absolute Gasteiger partial charge is 0.396 e. The highest BCUT2D eigenvalue weighted by Crippen LogP contribution is 2.44. The van der Waals surface area contributed by atoms with Crippen LogP contribution in [0.4, 0.5) is 0 Å². The smallest absolute Gasteiger partial charge is 0.0724 e. The average Bonchev–Trinajstić information content (AvgIpc) is 3.07. The third-order valence-electron chi connectivity index (χ3n) is 4.04. The SMILES string of the molecule is COC1CCCCC1NCC1(CO)CC1. The van der Waals surface area contributed by atoms with Crippen molar-refractivity contribution < 1.29 is 9.84 Å². The lowest BCUT2D eigenvalue weighted by molar-refractivity contribution is 0.0386. The van der Waals surface area contributed by atoms with Crippen LogP contribution < -0.4 is 5.32 Å². The fourth-order valence-electron chi connectivity index (χ4n) is 2.53. The second kappa shape index (κ2) is 4.81. The molecule has 3 heteroatoms. The number of hydrogen-bond acceptors (Lipinski definition) is 3. The van der Waals surface area contributed by atoms with Gasteiger partial charge < -0.3 is 15.2 Å². The molecule has 0 aromatic carbocycles. The number of aliphatic hydroxyl groups excluding tert-OH is 1. The molecular weight excluding hydrogens is 190 g/mol. The number of methoxy groups -OCH3 is 1. The van der Waals surface area contributed by atoms with Gasteiger partial charge in [-0.1, -0.05) is 12.8 Å². The molecule has 2 unspecified atom stereocenters. The minimum absolute atomic E-state index is 0.218. The van der Waals surface area contributed by atoms with Crippen molar-refractivity contribution in [2.45, 2.75) is 50.7 Å². The molecule has 2 rings (SSSR count). The molecule has 0 spiro atoms. The molecule has 2 saturated carbocycles. The zero-order valence-electron chi connectivity index (χ0n) is 9.67. The molecule has 0 saturated heterocycles. The molecule has 0 amide bonds. The van der Waals surface area contributed by atoms with Gasteiger partial charge in [-0.25, -0.2) is 0 Å². The van der Waals surface area contributed by atoms with Crippen LogP contribution in [0.25, 0.3) is 0 Å². The maximum Gasteiger partial charge on any atom is 0.0724 e. The van der Waals surface area contributed by atoms with Crippen LogP contribution in [0, 0.1) is 5.41 Å². The summed E-state index contributed by atoms with van der Waals surface area (Å²) < 4.78 is 5.50. The lowest BCUT2D eigenvalue weighted by Gasteiger charge is -2.32. The summed E-state index contributed by atoms with van der Waals surface area (Å²) in [5.41, 5.74) is 0.218. The summed E-state index contributed by atoms with van der Waals surface area (Å²) in [6.07, 6.45) is 7.75. The maximum atomic E-state index is 9.24. The lowest BCUT2D eigenvalue weighted by atomic mass is 9.92. The van der Waals surface area contributed by atoms with Crippen LogP contribution in [0.3, 0.4) is 0 Å². The van der Waals surface area contributed by atoms with Gasteiger partial charge in [0.25, 0.3) is 0 Å². The molecule has 0 bridgehead atoms. The van der Waals surface area contributed by atoms with Crippen molar-refractivity contribution in [3.8, 4) is 0 Å². The Kier molecular flexibility index (Phi) is 3.65. The fourth-order valence-corrected chi connectivity index (χ4v) is 2.53. The van der Waals surface area contributed by atoms with Gasteiger partial charge in [0.1, 0.15) is 0 Å². The highest BCUT2D eigenvalue weighted by atomic mass is 16.5. The van der Waals surface area contributed by atoms with Crippen molar-refractivity contribution in [3.63, 3.8) is 0 Å². The highest BCUT2D eigenvalue weighted by Gasteiger charge is 2.42. The molecule has 2 N–H and O–H groups in total. The summed E-state index contributed by atoms with van der Waals surface area (Å²) in [4.78, 5) is 0. The van der Waals surface area contributed by atoms with E-state index >= 15 is 0 Å². The first-order valence-electron chi connectivity index (χ1n) is 6.17. The van der Waals surface area contributed by atoms with Crippen molar-refractivity contribution >= 4 is 0 Å². The monoisotopic (exact) mass is 213 g/mol. The van der Waals surface area contributed by atoms with Crippen molar-refractivity contribution in [3.05, 3.63) is 0 Å². The summed E-state index contributed by atoms with van der Waals surface area (Å²) >= 11 is 0. The van der Waals surface area contributed by atoms with Gasteiger partial charge in [0, 0.05) is 31.7 Å². The number of rotatable bonds is 5. The average molecular weight is 213 g/mol. The molecule has 2 aliphatic carbocycles. The summed E-state index contributed by atoms with van der Waals surface area (Å²) in [5.74, 6) is 0. The maximum absolute atomic E-state index is 9.24. The van der Waals surface area contributed by atoms with E-state index in [0.717, 1.165) is 6.54 Å². The minimum atomic E-state index is 0.218. The molecule has 0 aliphatic heterocycles. The predicted octanol–water partition coefficient (Wildman–Crippen LogP) is 1.31. The van der Waals surface area contributed by atoms with Crippen LogP contribution in [0.1, 0.15) is 38.5 Å². The van der Waals surface area contributed by atoms with Gasteiger partial charge in [-0.05, 0) is 25.7 Å². The van der Waals surface area contributed by atoms with Gasteiger partial charge in [0.2, 0.25) is 0 Å². The first-order valence-corrected chi connectivity index (χ1v) is 6.17. The molecule has 2 fully saturated rings. The Morgan fingerprint density at radius 3 is 2.67 bits per heavy atom. The lowest BCUT2D eigenvalue weighted by Crippen LogP contribution is -2.45. The topological polar surface area (TPSA) is 41.5 Å².